The highest BCUT2D eigenvalue weighted by atomic mass is 35.5. The lowest BCUT2D eigenvalue weighted by molar-refractivity contribution is 1.26. The highest BCUT2D eigenvalue weighted by Gasteiger charge is 1.79. The minimum absolute atomic E-state index is 0.227. The van der Waals surface area contributed by atoms with Gasteiger partial charge in [-0.15, -0.1) is 0 Å². The van der Waals surface area contributed by atoms with Crippen LogP contribution in [0.4, 0.5) is 0 Å². The average Bonchev–Trinajstić information content (AvgIpc) is 1.65. The highest BCUT2D eigenvalue weighted by Crippen LogP contribution is 1.74. The van der Waals surface area contributed by atoms with E-state index in [2.05, 4.69) is 10.9 Å². The third kappa shape index (κ3) is 1.56. The third-order valence-corrected chi connectivity index (χ3v) is 0.388. The van der Waals surface area contributed by atoms with Gasteiger partial charge in [0.2, 0.25) is 5.17 Å². The molecule has 0 amide bonds. The largest absolute Gasteiger partial charge is 0.321 e. The molecule has 0 spiro atoms. The summed E-state index contributed by atoms with van der Waals surface area (Å²) in [5.41, 5.74) is 0. The number of hydrazone groups is 1. The highest BCUT2D eigenvalue weighted by molar-refractivity contribution is 6.69. The first-order valence-electron chi connectivity index (χ1n) is 1.14. The van der Waals surface area contributed by atoms with Gasteiger partial charge in [-0.1, -0.05) is 0 Å². The maximum atomic E-state index is 7.74. The van der Waals surface area contributed by atoms with Crippen molar-refractivity contribution in [2.45, 2.75) is 0 Å². The van der Waals surface area contributed by atoms with Crippen LogP contribution in [0.3, 0.4) is 0 Å². The predicted octanol–water partition coefficient (Wildman–Crippen LogP) is 0.0210. The summed E-state index contributed by atoms with van der Waals surface area (Å²) in [5.74, 6) is 4.52. The molecule has 0 fully saturated rings. The van der Waals surface area contributed by atoms with E-state index in [-0.39, 0.29) is 5.17 Å². The van der Waals surface area contributed by atoms with Gasteiger partial charge in [0.05, 0.1) is 0 Å². The molecule has 0 heterocycles. The lowest BCUT2D eigenvalue weighted by Gasteiger charge is -1.67. The van der Waals surface area contributed by atoms with Gasteiger partial charge < -0.3 is 5.84 Å². The Morgan fingerprint density at radius 3 is 2.50 bits per heavy atom. The molecule has 0 saturated carbocycles. The van der Waals surface area contributed by atoms with Crippen LogP contribution in [0, 0.1) is 11.3 Å². The lowest BCUT2D eigenvalue weighted by Crippen LogP contribution is -1.86. The van der Waals surface area contributed by atoms with Crippen LogP contribution in [0.15, 0.2) is 5.10 Å². The Balaban J connectivity index is 3.61. The van der Waals surface area contributed by atoms with Crippen LogP contribution >= 0.6 is 11.6 Å². The van der Waals surface area contributed by atoms with E-state index >= 15 is 0 Å². The molecule has 0 atom stereocenters. The first-order chi connectivity index (χ1) is 2.81. The van der Waals surface area contributed by atoms with Crippen molar-refractivity contribution in [1.82, 2.24) is 0 Å². The molecule has 0 unspecified atom stereocenters. The summed E-state index contributed by atoms with van der Waals surface area (Å²) >= 11 is 4.91. The monoisotopic (exact) mass is 103 g/mol. The summed E-state index contributed by atoms with van der Waals surface area (Å²) in [5, 5.41) is 10.3. The second-order valence-corrected chi connectivity index (χ2v) is 0.890. The van der Waals surface area contributed by atoms with Gasteiger partial charge in [-0.2, -0.15) is 10.4 Å². The predicted molar refractivity (Wildman–Crippen MR) is 23.1 cm³/mol. The third-order valence-electron chi connectivity index (χ3n) is 0.206. The van der Waals surface area contributed by atoms with Crippen LogP contribution in [0.25, 0.3) is 0 Å². The minimum Gasteiger partial charge on any atom is -0.321 e. The number of hydrogen-bond acceptors (Lipinski definition) is 3. The molecule has 0 aromatic carbocycles. The molecule has 0 bridgehead atoms. The van der Waals surface area contributed by atoms with E-state index in [0.717, 1.165) is 0 Å². The second kappa shape index (κ2) is 2.49. The average molecular weight is 104 g/mol. The summed E-state index contributed by atoms with van der Waals surface area (Å²) in [6, 6.07) is 1.51. The van der Waals surface area contributed by atoms with E-state index in [1.54, 1.807) is 0 Å². The number of nitriles is 1. The molecule has 0 aliphatic heterocycles. The van der Waals surface area contributed by atoms with Crippen LogP contribution in [0.5, 0.6) is 0 Å². The quantitative estimate of drug-likeness (QED) is 0.267. The Morgan fingerprint density at radius 2 is 2.50 bits per heavy atom. The van der Waals surface area contributed by atoms with Crippen molar-refractivity contribution in [2.24, 2.45) is 10.9 Å². The Morgan fingerprint density at radius 1 is 2.00 bits per heavy atom. The van der Waals surface area contributed by atoms with E-state index in [1.165, 1.54) is 6.07 Å². The standard InChI is InChI=1S/C2H2ClN3/c3-2(1-4)6-5/h5H2. The molecule has 3 nitrogen and oxygen atoms in total. The minimum atomic E-state index is -0.227. The molecule has 32 valence electrons. The molecule has 2 N–H and O–H groups in total. The van der Waals surface area contributed by atoms with Crippen LogP contribution < -0.4 is 5.84 Å². The van der Waals surface area contributed by atoms with Gasteiger partial charge in [0.25, 0.3) is 0 Å². The molecular weight excluding hydrogens is 101 g/mol. The van der Waals surface area contributed by atoms with Crippen molar-refractivity contribution in [3.63, 3.8) is 0 Å². The maximum Gasteiger partial charge on any atom is 0.225 e. The molecule has 0 rings (SSSR count). The Bertz CT molecular complexity index is 99.9. The van der Waals surface area contributed by atoms with E-state index in [9.17, 15) is 0 Å². The van der Waals surface area contributed by atoms with Gasteiger partial charge in [0.15, 0.2) is 0 Å². The normalized spacial score (nSPS) is 10.3. The first kappa shape index (κ1) is 5.25. The Labute approximate surface area is 40.0 Å². The fourth-order valence-corrected chi connectivity index (χ4v) is 0.0289. The van der Waals surface area contributed by atoms with Gasteiger partial charge in [0.1, 0.15) is 6.07 Å². The van der Waals surface area contributed by atoms with Crippen molar-refractivity contribution in [3.05, 3.63) is 0 Å². The second-order valence-electron chi connectivity index (χ2n) is 0.532. The Kier molecular flexibility index (Phi) is 2.17. The SMILES string of the molecule is N#CC(Cl)=NN. The van der Waals surface area contributed by atoms with Crippen molar-refractivity contribution < 1.29 is 0 Å². The van der Waals surface area contributed by atoms with Crippen LogP contribution in [-0.2, 0) is 0 Å². The number of hydrogen-bond donors (Lipinski definition) is 1. The fourth-order valence-electron chi connectivity index (χ4n) is 0.0289. The summed E-state index contributed by atoms with van der Waals surface area (Å²) < 4.78 is 0. The van der Waals surface area contributed by atoms with Gasteiger partial charge in [0, 0.05) is 0 Å². The zero-order valence-electron chi connectivity index (χ0n) is 2.85. The number of halogens is 1. The van der Waals surface area contributed by atoms with E-state index in [1.807, 2.05) is 0 Å². The summed E-state index contributed by atoms with van der Waals surface area (Å²) in [6.07, 6.45) is 0. The summed E-state index contributed by atoms with van der Waals surface area (Å²) in [7, 11) is 0. The van der Waals surface area contributed by atoms with Crippen LogP contribution in [-0.4, -0.2) is 5.17 Å². The summed E-state index contributed by atoms with van der Waals surface area (Å²) in [4.78, 5) is 0. The van der Waals surface area contributed by atoms with Gasteiger partial charge in [-0.05, 0) is 11.6 Å². The zero-order valence-corrected chi connectivity index (χ0v) is 3.61. The van der Waals surface area contributed by atoms with Crippen molar-refractivity contribution >= 4 is 16.8 Å². The topological polar surface area (TPSA) is 62.2 Å². The van der Waals surface area contributed by atoms with Crippen molar-refractivity contribution in [2.75, 3.05) is 0 Å². The number of nitrogens with zero attached hydrogens (tertiary/aromatic N) is 2. The Hall–Kier alpha value is -0.750. The molecule has 0 aliphatic carbocycles. The molecular formula is C2H2ClN3. The van der Waals surface area contributed by atoms with Gasteiger partial charge >= 0.3 is 0 Å². The van der Waals surface area contributed by atoms with E-state index in [4.69, 9.17) is 16.9 Å². The molecule has 6 heavy (non-hydrogen) atoms. The van der Waals surface area contributed by atoms with E-state index < -0.39 is 0 Å². The van der Waals surface area contributed by atoms with Gasteiger partial charge in [-0.25, -0.2) is 0 Å². The summed E-state index contributed by atoms with van der Waals surface area (Å²) in [6.45, 7) is 0. The smallest absolute Gasteiger partial charge is 0.225 e. The molecule has 0 aromatic rings. The van der Waals surface area contributed by atoms with Crippen molar-refractivity contribution in [3.8, 4) is 6.07 Å². The van der Waals surface area contributed by atoms with Crippen LogP contribution in [0.1, 0.15) is 0 Å². The van der Waals surface area contributed by atoms with Crippen LogP contribution in [0.2, 0.25) is 0 Å². The zero-order chi connectivity index (χ0) is 4.99. The van der Waals surface area contributed by atoms with Gasteiger partial charge in [-0.3, -0.25) is 0 Å². The van der Waals surface area contributed by atoms with E-state index in [0.29, 0.717) is 0 Å². The maximum absolute atomic E-state index is 7.74. The number of rotatable bonds is 0. The molecule has 0 radical (unpaired) electrons. The molecule has 0 aromatic heterocycles. The first-order valence-corrected chi connectivity index (χ1v) is 1.52. The molecule has 0 saturated heterocycles. The number of nitrogens with two attached hydrogens (primary N) is 1. The lowest BCUT2D eigenvalue weighted by atomic mass is 10.8. The fraction of sp³-hybridized carbons (Fsp3) is 0. The molecule has 4 heteroatoms. The molecule has 0 aliphatic rings. The van der Waals surface area contributed by atoms with Crippen molar-refractivity contribution in [1.29, 1.82) is 5.26 Å².